The van der Waals surface area contributed by atoms with Gasteiger partial charge < -0.3 is 0 Å². The molecule has 0 aromatic heterocycles. The molecule has 0 atom stereocenters. The third-order valence-electron chi connectivity index (χ3n) is 1.28. The maximum absolute atomic E-state index is 3.83. The zero-order valence-electron chi connectivity index (χ0n) is 5.99. The molecule has 0 saturated heterocycles. The van der Waals surface area contributed by atoms with Crippen molar-refractivity contribution in [2.45, 2.75) is 27.2 Å². The molecule has 0 radical (unpaired) electrons. The molecule has 0 aliphatic carbocycles. The Balaban J connectivity index is 3.92. The number of rotatable bonds is 2. The van der Waals surface area contributed by atoms with Crippen LogP contribution in [-0.2, 0) is 0 Å². The van der Waals surface area contributed by atoms with Gasteiger partial charge in [0, 0.05) is 0 Å². The molecule has 0 fully saturated rings. The van der Waals surface area contributed by atoms with Crippen LogP contribution >= 0.6 is 0 Å². The van der Waals surface area contributed by atoms with E-state index in [9.17, 15) is 0 Å². The molecule has 0 rings (SSSR count). The van der Waals surface area contributed by atoms with Crippen molar-refractivity contribution in [3.05, 3.63) is 23.8 Å². The molecule has 0 heteroatoms. The monoisotopic (exact) mass is 110 g/mol. The Labute approximate surface area is 51.9 Å². The van der Waals surface area contributed by atoms with Gasteiger partial charge in [-0.2, -0.15) is 0 Å². The normalized spacial score (nSPS) is 11.6. The molecule has 0 unspecified atom stereocenters. The van der Waals surface area contributed by atoms with Crippen molar-refractivity contribution in [3.63, 3.8) is 0 Å². The molecule has 0 N–H and O–H groups in total. The van der Waals surface area contributed by atoms with Crippen LogP contribution in [0.25, 0.3) is 0 Å². The summed E-state index contributed by atoms with van der Waals surface area (Å²) in [6, 6.07) is 0. The zero-order valence-corrected chi connectivity index (χ0v) is 5.99. The Kier molecular flexibility index (Phi) is 3.25. The smallest absolute Gasteiger partial charge is 0.0308 e. The van der Waals surface area contributed by atoms with Crippen molar-refractivity contribution >= 4 is 0 Å². The van der Waals surface area contributed by atoms with Crippen molar-refractivity contribution in [1.82, 2.24) is 0 Å². The van der Waals surface area contributed by atoms with Gasteiger partial charge in [-0.15, -0.1) is 0 Å². The van der Waals surface area contributed by atoms with Crippen LogP contribution in [0.1, 0.15) is 27.2 Å². The van der Waals surface area contributed by atoms with Crippen molar-refractivity contribution in [2.24, 2.45) is 0 Å². The third-order valence-corrected chi connectivity index (χ3v) is 1.28. The summed E-state index contributed by atoms with van der Waals surface area (Å²) in [5.41, 5.74) is 2.56. The van der Waals surface area contributed by atoms with E-state index in [1.54, 1.807) is 0 Å². The first-order chi connectivity index (χ1) is 3.72. The molecule has 0 bridgehead atoms. The fourth-order valence-electron chi connectivity index (χ4n) is 0.752. The van der Waals surface area contributed by atoms with Crippen LogP contribution in [-0.4, -0.2) is 0 Å². The second kappa shape index (κ2) is 3.48. The number of allylic oxidation sites excluding steroid dienone is 3. The standard InChI is InChI=1S/C8H14/c1-5-8(6-2)7(3)4/h5H,3,6H2,1-2,4H3. The molecule has 8 heavy (non-hydrogen) atoms. The second-order valence-electron chi connectivity index (χ2n) is 1.95. The summed E-state index contributed by atoms with van der Waals surface area (Å²) in [4.78, 5) is 0. The largest absolute Gasteiger partial charge is 0.0959 e. The minimum absolute atomic E-state index is 1.10. The second-order valence-corrected chi connectivity index (χ2v) is 1.95. The molecule has 0 spiro atoms. The van der Waals surface area contributed by atoms with E-state index in [2.05, 4.69) is 19.6 Å². The highest BCUT2D eigenvalue weighted by Crippen LogP contribution is 2.09. The molecule has 46 valence electrons. The first-order valence-corrected chi connectivity index (χ1v) is 3.03. The summed E-state index contributed by atoms with van der Waals surface area (Å²) >= 11 is 0. The fourth-order valence-corrected chi connectivity index (χ4v) is 0.752. The molecule has 0 aliphatic heterocycles. The number of hydrogen-bond donors (Lipinski definition) is 0. The lowest BCUT2D eigenvalue weighted by atomic mass is 10.1. The average Bonchev–Trinajstić information content (AvgIpc) is 1.69. The van der Waals surface area contributed by atoms with E-state index in [4.69, 9.17) is 0 Å². The van der Waals surface area contributed by atoms with E-state index >= 15 is 0 Å². The Morgan fingerprint density at radius 1 is 1.62 bits per heavy atom. The molecular weight excluding hydrogens is 96.1 g/mol. The van der Waals surface area contributed by atoms with Crippen LogP contribution < -0.4 is 0 Å². The summed E-state index contributed by atoms with van der Waals surface area (Å²) in [5.74, 6) is 0. The van der Waals surface area contributed by atoms with E-state index in [-0.39, 0.29) is 0 Å². The highest BCUT2D eigenvalue weighted by Gasteiger charge is 1.88. The topological polar surface area (TPSA) is 0 Å². The van der Waals surface area contributed by atoms with E-state index in [0.717, 1.165) is 6.42 Å². The van der Waals surface area contributed by atoms with E-state index < -0.39 is 0 Å². The Bertz CT molecular complexity index is 107. The van der Waals surface area contributed by atoms with Crippen LogP contribution in [0.3, 0.4) is 0 Å². The summed E-state index contributed by atoms with van der Waals surface area (Å²) in [7, 11) is 0. The Hall–Kier alpha value is -0.520. The lowest BCUT2D eigenvalue weighted by Gasteiger charge is -1.98. The molecule has 0 aliphatic rings. The van der Waals surface area contributed by atoms with Gasteiger partial charge in [0.05, 0.1) is 0 Å². The van der Waals surface area contributed by atoms with Crippen LogP contribution in [0.5, 0.6) is 0 Å². The van der Waals surface area contributed by atoms with Crippen molar-refractivity contribution < 1.29 is 0 Å². The van der Waals surface area contributed by atoms with Gasteiger partial charge in [-0.25, -0.2) is 0 Å². The predicted octanol–water partition coefficient (Wildman–Crippen LogP) is 2.92. The maximum Gasteiger partial charge on any atom is -0.0308 e. The first-order valence-electron chi connectivity index (χ1n) is 3.03. The van der Waals surface area contributed by atoms with E-state index in [1.165, 1.54) is 11.1 Å². The fraction of sp³-hybridized carbons (Fsp3) is 0.500. The first kappa shape index (κ1) is 7.48. The van der Waals surface area contributed by atoms with Crippen molar-refractivity contribution in [2.75, 3.05) is 0 Å². The third kappa shape index (κ3) is 1.97. The summed E-state index contributed by atoms with van der Waals surface area (Å²) < 4.78 is 0. The summed E-state index contributed by atoms with van der Waals surface area (Å²) in [6.45, 7) is 10.1. The van der Waals surface area contributed by atoms with Crippen LogP contribution in [0.4, 0.5) is 0 Å². The van der Waals surface area contributed by atoms with Gasteiger partial charge in [0.1, 0.15) is 0 Å². The van der Waals surface area contributed by atoms with Gasteiger partial charge in [-0.05, 0) is 20.3 Å². The van der Waals surface area contributed by atoms with Gasteiger partial charge in [0.25, 0.3) is 0 Å². The lowest BCUT2D eigenvalue weighted by Crippen LogP contribution is -1.78. The van der Waals surface area contributed by atoms with Crippen LogP contribution in [0.2, 0.25) is 0 Å². The van der Waals surface area contributed by atoms with Gasteiger partial charge in [0.15, 0.2) is 0 Å². The quantitative estimate of drug-likeness (QED) is 0.479. The molecule has 0 nitrogen and oxygen atoms in total. The van der Waals surface area contributed by atoms with Gasteiger partial charge in [-0.1, -0.05) is 30.7 Å². The molecular formula is C8H14. The highest BCUT2D eigenvalue weighted by atomic mass is 13.9. The predicted molar refractivity (Wildman–Crippen MR) is 38.9 cm³/mol. The Morgan fingerprint density at radius 2 is 2.12 bits per heavy atom. The van der Waals surface area contributed by atoms with E-state index in [0.29, 0.717) is 0 Å². The summed E-state index contributed by atoms with van der Waals surface area (Å²) in [6.07, 6.45) is 3.22. The molecule has 0 heterocycles. The zero-order chi connectivity index (χ0) is 6.57. The molecule has 0 saturated carbocycles. The van der Waals surface area contributed by atoms with Crippen LogP contribution in [0, 0.1) is 0 Å². The Morgan fingerprint density at radius 3 is 2.12 bits per heavy atom. The van der Waals surface area contributed by atoms with Crippen LogP contribution in [0.15, 0.2) is 23.8 Å². The maximum atomic E-state index is 3.83. The van der Waals surface area contributed by atoms with Crippen molar-refractivity contribution in [1.29, 1.82) is 0 Å². The minimum atomic E-state index is 1.10. The van der Waals surface area contributed by atoms with Crippen molar-refractivity contribution in [3.8, 4) is 0 Å². The SMILES string of the molecule is C=C(C)C(=CC)CC. The van der Waals surface area contributed by atoms with Gasteiger partial charge >= 0.3 is 0 Å². The summed E-state index contributed by atoms with van der Waals surface area (Å²) in [5, 5.41) is 0. The lowest BCUT2D eigenvalue weighted by molar-refractivity contribution is 1.10. The molecule has 0 aromatic rings. The van der Waals surface area contributed by atoms with E-state index in [1.807, 2.05) is 13.8 Å². The number of hydrogen-bond acceptors (Lipinski definition) is 0. The average molecular weight is 110 g/mol. The minimum Gasteiger partial charge on any atom is -0.0959 e. The van der Waals surface area contributed by atoms with Gasteiger partial charge in [-0.3, -0.25) is 0 Å². The molecule has 0 amide bonds. The molecule has 0 aromatic carbocycles. The van der Waals surface area contributed by atoms with Gasteiger partial charge in [0.2, 0.25) is 0 Å². The highest BCUT2D eigenvalue weighted by molar-refractivity contribution is 5.24.